The lowest BCUT2D eigenvalue weighted by molar-refractivity contribution is 0.102. The fraction of sp³-hybridized carbons (Fsp3) is 0.316. The second-order valence-corrected chi connectivity index (χ2v) is 7.11. The van der Waals surface area contributed by atoms with Gasteiger partial charge in [-0.2, -0.15) is 0 Å². The second kappa shape index (κ2) is 7.36. The zero-order chi connectivity index (χ0) is 17.1. The molecular weight excluding hydrogens is 366 g/mol. The van der Waals surface area contributed by atoms with E-state index in [4.69, 9.17) is 0 Å². The molecule has 1 saturated heterocycles. The summed E-state index contributed by atoms with van der Waals surface area (Å²) in [6.07, 6.45) is 0. The first-order valence-corrected chi connectivity index (χ1v) is 8.93. The Morgan fingerprint density at radius 2 is 1.83 bits per heavy atom. The van der Waals surface area contributed by atoms with Crippen LogP contribution in [-0.2, 0) is 0 Å². The van der Waals surface area contributed by atoms with Crippen LogP contribution < -0.4 is 10.2 Å². The Labute approximate surface area is 151 Å². The van der Waals surface area contributed by atoms with E-state index in [0.717, 1.165) is 47.6 Å². The van der Waals surface area contributed by atoms with Crippen molar-refractivity contribution in [3.05, 3.63) is 58.1 Å². The van der Waals surface area contributed by atoms with Gasteiger partial charge in [-0.15, -0.1) is 0 Å². The van der Waals surface area contributed by atoms with Crippen molar-refractivity contribution in [3.63, 3.8) is 0 Å². The first-order valence-electron chi connectivity index (χ1n) is 8.14. The van der Waals surface area contributed by atoms with Crippen LogP contribution in [0.25, 0.3) is 0 Å². The Morgan fingerprint density at radius 3 is 2.54 bits per heavy atom. The lowest BCUT2D eigenvalue weighted by atomic mass is 10.1. The topological polar surface area (TPSA) is 35.6 Å². The highest BCUT2D eigenvalue weighted by atomic mass is 79.9. The number of likely N-dealkylation sites (N-methyl/N-ethyl adjacent to an activating group) is 1. The van der Waals surface area contributed by atoms with Crippen molar-refractivity contribution in [2.45, 2.75) is 6.92 Å². The SMILES string of the molecule is Cc1cc(C(=O)Nc2cccc(N3CCN(C)CC3)c2)ccc1Br. The number of amides is 1. The van der Waals surface area contributed by atoms with Crippen LogP contribution in [-0.4, -0.2) is 44.0 Å². The zero-order valence-corrected chi connectivity index (χ0v) is 15.6. The molecule has 1 amide bonds. The summed E-state index contributed by atoms with van der Waals surface area (Å²) in [5.74, 6) is -0.0823. The number of anilines is 2. The van der Waals surface area contributed by atoms with Gasteiger partial charge in [0.05, 0.1) is 0 Å². The van der Waals surface area contributed by atoms with Crippen LogP contribution >= 0.6 is 15.9 Å². The van der Waals surface area contributed by atoms with Gasteiger partial charge in [0.2, 0.25) is 0 Å². The summed E-state index contributed by atoms with van der Waals surface area (Å²) in [4.78, 5) is 17.2. The van der Waals surface area contributed by atoms with Gasteiger partial charge in [-0.3, -0.25) is 4.79 Å². The number of piperazine rings is 1. The van der Waals surface area contributed by atoms with Crippen molar-refractivity contribution in [1.29, 1.82) is 0 Å². The predicted molar refractivity (Wildman–Crippen MR) is 103 cm³/mol. The molecule has 1 heterocycles. The van der Waals surface area contributed by atoms with Crippen LogP contribution in [0, 0.1) is 6.92 Å². The van der Waals surface area contributed by atoms with Crippen LogP contribution in [0.2, 0.25) is 0 Å². The summed E-state index contributed by atoms with van der Waals surface area (Å²) in [6.45, 7) is 6.14. The second-order valence-electron chi connectivity index (χ2n) is 6.26. The normalized spacial score (nSPS) is 15.4. The molecule has 2 aromatic rings. The first kappa shape index (κ1) is 17.0. The minimum Gasteiger partial charge on any atom is -0.369 e. The molecule has 1 fully saturated rings. The molecule has 0 aliphatic carbocycles. The van der Waals surface area contributed by atoms with E-state index < -0.39 is 0 Å². The summed E-state index contributed by atoms with van der Waals surface area (Å²) in [6, 6.07) is 13.7. The minimum absolute atomic E-state index is 0.0823. The minimum atomic E-state index is -0.0823. The molecule has 4 nitrogen and oxygen atoms in total. The number of aryl methyl sites for hydroxylation is 1. The highest BCUT2D eigenvalue weighted by Crippen LogP contribution is 2.22. The van der Waals surface area contributed by atoms with Crippen LogP contribution in [0.4, 0.5) is 11.4 Å². The van der Waals surface area contributed by atoms with Gasteiger partial charge in [-0.05, 0) is 55.9 Å². The average molecular weight is 388 g/mol. The summed E-state index contributed by atoms with van der Waals surface area (Å²) in [5, 5.41) is 3.00. The van der Waals surface area contributed by atoms with Crippen molar-refractivity contribution >= 4 is 33.2 Å². The van der Waals surface area contributed by atoms with E-state index in [2.05, 4.69) is 50.2 Å². The molecule has 0 radical (unpaired) electrons. The van der Waals surface area contributed by atoms with Crippen molar-refractivity contribution in [1.82, 2.24) is 4.90 Å². The molecule has 0 spiro atoms. The molecule has 2 aromatic carbocycles. The quantitative estimate of drug-likeness (QED) is 0.870. The van der Waals surface area contributed by atoms with E-state index in [0.29, 0.717) is 5.56 Å². The summed E-state index contributed by atoms with van der Waals surface area (Å²) >= 11 is 3.46. The number of hydrogen-bond acceptors (Lipinski definition) is 3. The molecule has 0 saturated carbocycles. The Kier molecular flexibility index (Phi) is 5.21. The number of nitrogens with zero attached hydrogens (tertiary/aromatic N) is 2. The van der Waals surface area contributed by atoms with Gasteiger partial charge in [0.25, 0.3) is 5.91 Å². The molecule has 1 N–H and O–H groups in total. The van der Waals surface area contributed by atoms with Gasteiger partial charge in [-0.1, -0.05) is 22.0 Å². The van der Waals surface area contributed by atoms with Gasteiger partial charge >= 0.3 is 0 Å². The summed E-state index contributed by atoms with van der Waals surface area (Å²) in [5.41, 5.74) is 3.71. The van der Waals surface area contributed by atoms with Crippen LogP contribution in [0.1, 0.15) is 15.9 Å². The maximum atomic E-state index is 12.5. The first-order chi connectivity index (χ1) is 11.5. The fourth-order valence-corrected chi connectivity index (χ4v) is 3.08. The predicted octanol–water partition coefficient (Wildman–Crippen LogP) is 3.76. The molecule has 126 valence electrons. The van der Waals surface area contributed by atoms with Crippen LogP contribution in [0.3, 0.4) is 0 Å². The average Bonchev–Trinajstić information content (AvgIpc) is 2.58. The molecule has 24 heavy (non-hydrogen) atoms. The number of rotatable bonds is 3. The van der Waals surface area contributed by atoms with Crippen LogP contribution in [0.15, 0.2) is 46.9 Å². The smallest absolute Gasteiger partial charge is 0.255 e. The van der Waals surface area contributed by atoms with Gasteiger partial charge < -0.3 is 15.1 Å². The third-order valence-corrected chi connectivity index (χ3v) is 5.28. The van der Waals surface area contributed by atoms with E-state index in [9.17, 15) is 4.79 Å². The Hall–Kier alpha value is -1.85. The highest BCUT2D eigenvalue weighted by Gasteiger charge is 2.15. The summed E-state index contributed by atoms with van der Waals surface area (Å²) < 4.78 is 1.01. The monoisotopic (exact) mass is 387 g/mol. The van der Waals surface area contributed by atoms with E-state index in [1.54, 1.807) is 0 Å². The maximum absolute atomic E-state index is 12.5. The number of nitrogens with one attached hydrogen (secondary N) is 1. The van der Waals surface area contributed by atoms with E-state index in [1.165, 1.54) is 0 Å². The lowest BCUT2D eigenvalue weighted by Crippen LogP contribution is -2.44. The number of halogens is 1. The number of carbonyl (C=O) groups excluding carboxylic acids is 1. The molecule has 1 aliphatic heterocycles. The largest absolute Gasteiger partial charge is 0.369 e. The zero-order valence-electron chi connectivity index (χ0n) is 14.1. The number of hydrogen-bond donors (Lipinski definition) is 1. The van der Waals surface area contributed by atoms with Crippen molar-refractivity contribution in [2.24, 2.45) is 0 Å². The Balaban J connectivity index is 1.72. The number of carbonyl (C=O) groups is 1. The molecule has 3 rings (SSSR count). The van der Waals surface area contributed by atoms with Crippen molar-refractivity contribution in [2.75, 3.05) is 43.4 Å². The molecule has 0 bridgehead atoms. The Bertz CT molecular complexity index is 739. The molecule has 5 heteroatoms. The highest BCUT2D eigenvalue weighted by molar-refractivity contribution is 9.10. The van der Waals surface area contributed by atoms with E-state index >= 15 is 0 Å². The molecular formula is C19H22BrN3O. The lowest BCUT2D eigenvalue weighted by Gasteiger charge is -2.34. The Morgan fingerprint density at radius 1 is 1.08 bits per heavy atom. The van der Waals surface area contributed by atoms with Crippen molar-refractivity contribution < 1.29 is 4.79 Å². The van der Waals surface area contributed by atoms with Gasteiger partial charge in [0, 0.05) is 47.6 Å². The van der Waals surface area contributed by atoms with Gasteiger partial charge in [0.1, 0.15) is 0 Å². The maximum Gasteiger partial charge on any atom is 0.255 e. The molecule has 0 atom stereocenters. The van der Waals surface area contributed by atoms with E-state index in [-0.39, 0.29) is 5.91 Å². The van der Waals surface area contributed by atoms with Crippen molar-refractivity contribution in [3.8, 4) is 0 Å². The third-order valence-electron chi connectivity index (χ3n) is 4.39. The van der Waals surface area contributed by atoms with Gasteiger partial charge in [-0.25, -0.2) is 0 Å². The van der Waals surface area contributed by atoms with E-state index in [1.807, 2.05) is 37.3 Å². The van der Waals surface area contributed by atoms with Crippen LogP contribution in [0.5, 0.6) is 0 Å². The van der Waals surface area contributed by atoms with Gasteiger partial charge in [0.15, 0.2) is 0 Å². The fourth-order valence-electron chi connectivity index (χ4n) is 2.83. The molecule has 1 aliphatic rings. The molecule has 0 unspecified atom stereocenters. The summed E-state index contributed by atoms with van der Waals surface area (Å²) in [7, 11) is 2.15. The third kappa shape index (κ3) is 3.97. The number of benzene rings is 2. The standard InChI is InChI=1S/C19H22BrN3O/c1-14-12-15(6-7-18(14)20)19(24)21-16-4-3-5-17(13-16)23-10-8-22(2)9-11-23/h3-7,12-13H,8-11H2,1-2H3,(H,21,24). The molecule has 0 aromatic heterocycles.